The first-order valence-electron chi connectivity index (χ1n) is 6.07. The van der Waals surface area contributed by atoms with E-state index in [4.69, 9.17) is 5.26 Å². The molecule has 2 aromatic rings. The van der Waals surface area contributed by atoms with Gasteiger partial charge in [0, 0.05) is 30.5 Å². The van der Waals surface area contributed by atoms with Crippen LogP contribution in [-0.4, -0.2) is 9.78 Å². The van der Waals surface area contributed by atoms with Crippen LogP contribution < -0.4 is 5.32 Å². The minimum atomic E-state index is 0.668. The summed E-state index contributed by atoms with van der Waals surface area (Å²) in [6.07, 6.45) is 5.00. The predicted octanol–water partition coefficient (Wildman–Crippen LogP) is 2.78. The molecule has 1 aromatic carbocycles. The molecule has 0 unspecified atom stereocenters. The van der Waals surface area contributed by atoms with E-state index in [0.717, 1.165) is 30.8 Å². The van der Waals surface area contributed by atoms with Crippen LogP contribution in [0.3, 0.4) is 0 Å². The second-order valence-electron chi connectivity index (χ2n) is 4.16. The Morgan fingerprint density at radius 1 is 1.44 bits per heavy atom. The van der Waals surface area contributed by atoms with E-state index in [-0.39, 0.29) is 0 Å². The summed E-state index contributed by atoms with van der Waals surface area (Å²) in [6.45, 7) is 3.80. The molecule has 0 saturated heterocycles. The zero-order valence-electron chi connectivity index (χ0n) is 10.4. The molecular weight excluding hydrogens is 224 g/mol. The summed E-state index contributed by atoms with van der Waals surface area (Å²) >= 11 is 0. The maximum absolute atomic E-state index is 8.82. The first-order valence-corrected chi connectivity index (χ1v) is 6.07. The van der Waals surface area contributed by atoms with Gasteiger partial charge < -0.3 is 5.32 Å². The van der Waals surface area contributed by atoms with Gasteiger partial charge in [-0.3, -0.25) is 4.68 Å². The number of aromatic nitrogens is 2. The van der Waals surface area contributed by atoms with Gasteiger partial charge in [-0.1, -0.05) is 13.0 Å². The fourth-order valence-corrected chi connectivity index (χ4v) is 1.75. The van der Waals surface area contributed by atoms with Gasteiger partial charge in [0.25, 0.3) is 0 Å². The Hall–Kier alpha value is -2.28. The van der Waals surface area contributed by atoms with E-state index in [0.29, 0.717) is 5.56 Å². The molecule has 0 aliphatic rings. The number of aryl methyl sites for hydroxylation is 1. The second-order valence-corrected chi connectivity index (χ2v) is 4.16. The first kappa shape index (κ1) is 12.2. The lowest BCUT2D eigenvalue weighted by atomic mass is 10.2. The van der Waals surface area contributed by atoms with Gasteiger partial charge in [-0.15, -0.1) is 0 Å². The Morgan fingerprint density at radius 3 is 3.11 bits per heavy atom. The van der Waals surface area contributed by atoms with Gasteiger partial charge in [0.1, 0.15) is 0 Å². The maximum atomic E-state index is 8.82. The lowest BCUT2D eigenvalue weighted by Crippen LogP contribution is -1.99. The second kappa shape index (κ2) is 5.87. The average Bonchev–Trinajstić information content (AvgIpc) is 2.85. The van der Waals surface area contributed by atoms with Gasteiger partial charge in [0.15, 0.2) is 0 Å². The molecule has 92 valence electrons. The topological polar surface area (TPSA) is 53.6 Å². The van der Waals surface area contributed by atoms with Gasteiger partial charge in [-0.05, 0) is 24.6 Å². The van der Waals surface area contributed by atoms with Crippen molar-refractivity contribution in [1.29, 1.82) is 5.26 Å². The third kappa shape index (κ3) is 3.11. The smallest absolute Gasteiger partial charge is 0.0992 e. The van der Waals surface area contributed by atoms with Crippen molar-refractivity contribution in [2.24, 2.45) is 0 Å². The van der Waals surface area contributed by atoms with Crippen molar-refractivity contribution < 1.29 is 0 Å². The summed E-state index contributed by atoms with van der Waals surface area (Å²) in [6, 6.07) is 9.60. The molecular formula is C14H16N4. The molecule has 1 heterocycles. The predicted molar refractivity (Wildman–Crippen MR) is 71.0 cm³/mol. The zero-order chi connectivity index (χ0) is 12.8. The highest BCUT2D eigenvalue weighted by Crippen LogP contribution is 2.11. The molecule has 2 rings (SSSR count). The van der Waals surface area contributed by atoms with E-state index in [9.17, 15) is 0 Å². The first-order chi connectivity index (χ1) is 8.81. The third-order valence-electron chi connectivity index (χ3n) is 2.63. The van der Waals surface area contributed by atoms with Crippen LogP contribution in [0.5, 0.6) is 0 Å². The van der Waals surface area contributed by atoms with Crippen molar-refractivity contribution in [3.05, 3.63) is 47.8 Å². The van der Waals surface area contributed by atoms with E-state index in [2.05, 4.69) is 23.4 Å². The highest BCUT2D eigenvalue weighted by molar-refractivity contribution is 5.49. The molecule has 0 aliphatic carbocycles. The molecule has 0 fully saturated rings. The van der Waals surface area contributed by atoms with E-state index in [1.807, 2.05) is 35.3 Å². The van der Waals surface area contributed by atoms with Crippen molar-refractivity contribution in [3.63, 3.8) is 0 Å². The Balaban J connectivity index is 1.96. The number of hydrogen-bond donors (Lipinski definition) is 1. The Labute approximate surface area is 107 Å². The van der Waals surface area contributed by atoms with E-state index in [1.165, 1.54) is 0 Å². The summed E-state index contributed by atoms with van der Waals surface area (Å²) in [5.41, 5.74) is 2.77. The Kier molecular flexibility index (Phi) is 3.98. The summed E-state index contributed by atoms with van der Waals surface area (Å²) in [7, 11) is 0. The van der Waals surface area contributed by atoms with Crippen molar-refractivity contribution in [3.8, 4) is 6.07 Å². The molecule has 18 heavy (non-hydrogen) atoms. The molecule has 0 saturated carbocycles. The van der Waals surface area contributed by atoms with Crippen LogP contribution >= 0.6 is 0 Å². The minimum absolute atomic E-state index is 0.668. The average molecular weight is 240 g/mol. The molecule has 4 heteroatoms. The number of nitrogens with zero attached hydrogens (tertiary/aromatic N) is 3. The minimum Gasteiger partial charge on any atom is -0.381 e. The van der Waals surface area contributed by atoms with Crippen molar-refractivity contribution >= 4 is 5.69 Å². The number of benzene rings is 1. The Bertz CT molecular complexity index is 551. The normalized spacial score (nSPS) is 10.0. The highest BCUT2D eigenvalue weighted by atomic mass is 15.3. The number of nitriles is 1. The molecule has 0 atom stereocenters. The summed E-state index contributed by atoms with van der Waals surface area (Å²) in [5, 5.41) is 16.4. The maximum Gasteiger partial charge on any atom is 0.0992 e. The summed E-state index contributed by atoms with van der Waals surface area (Å²) < 4.78 is 1.95. The quantitative estimate of drug-likeness (QED) is 0.874. The molecule has 4 nitrogen and oxygen atoms in total. The third-order valence-corrected chi connectivity index (χ3v) is 2.63. The zero-order valence-corrected chi connectivity index (χ0v) is 10.4. The van der Waals surface area contributed by atoms with Gasteiger partial charge in [0.2, 0.25) is 0 Å². The van der Waals surface area contributed by atoms with E-state index in [1.54, 1.807) is 6.07 Å². The standard InChI is InChI=1S/C14H16N4/c1-2-6-18-11-13(10-17-18)9-16-14-5-3-4-12(7-14)8-15/h3-5,7,10-11,16H,2,6,9H2,1H3. The fraction of sp³-hybridized carbons (Fsp3) is 0.286. The molecule has 0 spiro atoms. The summed E-state index contributed by atoms with van der Waals surface area (Å²) in [5.74, 6) is 0. The fourth-order valence-electron chi connectivity index (χ4n) is 1.75. The number of rotatable bonds is 5. The monoisotopic (exact) mass is 240 g/mol. The number of hydrogen-bond acceptors (Lipinski definition) is 3. The number of nitrogens with one attached hydrogen (secondary N) is 1. The molecule has 0 amide bonds. The van der Waals surface area contributed by atoms with Crippen LogP contribution in [0.4, 0.5) is 5.69 Å². The molecule has 0 aliphatic heterocycles. The van der Waals surface area contributed by atoms with E-state index >= 15 is 0 Å². The van der Waals surface area contributed by atoms with Gasteiger partial charge in [0.05, 0.1) is 17.8 Å². The summed E-state index contributed by atoms with van der Waals surface area (Å²) in [4.78, 5) is 0. The highest BCUT2D eigenvalue weighted by Gasteiger charge is 1.99. The van der Waals surface area contributed by atoms with Crippen LogP contribution in [0.15, 0.2) is 36.7 Å². The van der Waals surface area contributed by atoms with Crippen LogP contribution in [-0.2, 0) is 13.1 Å². The lowest BCUT2D eigenvalue weighted by molar-refractivity contribution is 0.602. The van der Waals surface area contributed by atoms with Crippen LogP contribution in [0.1, 0.15) is 24.5 Å². The Morgan fingerprint density at radius 2 is 2.33 bits per heavy atom. The van der Waals surface area contributed by atoms with E-state index < -0.39 is 0 Å². The molecule has 0 bridgehead atoms. The number of anilines is 1. The van der Waals surface area contributed by atoms with Crippen molar-refractivity contribution in [2.45, 2.75) is 26.4 Å². The molecule has 1 N–H and O–H groups in total. The molecule has 0 radical (unpaired) electrons. The lowest BCUT2D eigenvalue weighted by Gasteiger charge is -2.04. The molecule has 1 aromatic heterocycles. The van der Waals surface area contributed by atoms with Gasteiger partial charge in [-0.2, -0.15) is 10.4 Å². The largest absolute Gasteiger partial charge is 0.381 e. The van der Waals surface area contributed by atoms with Crippen LogP contribution in [0, 0.1) is 11.3 Å². The SMILES string of the molecule is CCCn1cc(CNc2cccc(C#N)c2)cn1. The van der Waals surface area contributed by atoms with Crippen LogP contribution in [0.25, 0.3) is 0 Å². The van der Waals surface area contributed by atoms with Crippen LogP contribution in [0.2, 0.25) is 0 Å². The van der Waals surface area contributed by atoms with Crippen molar-refractivity contribution in [2.75, 3.05) is 5.32 Å². The van der Waals surface area contributed by atoms with Crippen molar-refractivity contribution in [1.82, 2.24) is 9.78 Å². The van der Waals surface area contributed by atoms with Gasteiger partial charge >= 0.3 is 0 Å². The van der Waals surface area contributed by atoms with Gasteiger partial charge in [-0.25, -0.2) is 0 Å².